The Labute approximate surface area is 150 Å². The van der Waals surface area contributed by atoms with Crippen LogP contribution in [0.5, 0.6) is 0 Å². The van der Waals surface area contributed by atoms with E-state index in [1.54, 1.807) is 22.9 Å². The molecule has 0 aliphatic heterocycles. The summed E-state index contributed by atoms with van der Waals surface area (Å²) in [7, 11) is 0. The van der Waals surface area contributed by atoms with E-state index in [9.17, 15) is 9.59 Å². The summed E-state index contributed by atoms with van der Waals surface area (Å²) in [6, 6.07) is 13.5. The van der Waals surface area contributed by atoms with Crippen molar-refractivity contribution >= 4 is 17.1 Å². The van der Waals surface area contributed by atoms with Crippen LogP contribution in [0.3, 0.4) is 0 Å². The molecule has 1 fully saturated rings. The quantitative estimate of drug-likeness (QED) is 0.741. The Morgan fingerprint density at radius 2 is 1.96 bits per heavy atom. The number of fused-ring (bicyclic) bond motifs is 1. The van der Waals surface area contributed by atoms with Gasteiger partial charge in [0.25, 0.3) is 11.5 Å². The molecule has 132 valence electrons. The van der Waals surface area contributed by atoms with Gasteiger partial charge in [-0.05, 0) is 42.9 Å². The second kappa shape index (κ2) is 7.07. The van der Waals surface area contributed by atoms with Crippen molar-refractivity contribution in [2.24, 2.45) is 5.92 Å². The molecule has 0 bridgehead atoms. The van der Waals surface area contributed by atoms with Crippen molar-refractivity contribution in [2.45, 2.75) is 25.8 Å². The van der Waals surface area contributed by atoms with Gasteiger partial charge in [-0.1, -0.05) is 30.3 Å². The van der Waals surface area contributed by atoms with Crippen molar-refractivity contribution in [3.8, 4) is 0 Å². The first-order chi connectivity index (χ1) is 12.7. The minimum absolute atomic E-state index is 0.0563. The summed E-state index contributed by atoms with van der Waals surface area (Å²) < 4.78 is 1.56. The topological polar surface area (TPSA) is 76.9 Å². The highest BCUT2D eigenvalue weighted by Crippen LogP contribution is 2.27. The maximum absolute atomic E-state index is 12.9. The van der Waals surface area contributed by atoms with Gasteiger partial charge in [-0.3, -0.25) is 14.2 Å². The number of nitrogens with one attached hydrogen (secondary N) is 1. The summed E-state index contributed by atoms with van der Waals surface area (Å²) in [5.41, 5.74) is 1.74. The van der Waals surface area contributed by atoms with Crippen LogP contribution in [0.15, 0.2) is 53.5 Å². The maximum atomic E-state index is 12.9. The molecule has 6 nitrogen and oxygen atoms in total. The lowest BCUT2D eigenvalue weighted by atomic mass is 10.1. The van der Waals surface area contributed by atoms with Gasteiger partial charge in [0.05, 0.1) is 0 Å². The number of rotatable bonds is 6. The molecule has 1 saturated carbocycles. The minimum Gasteiger partial charge on any atom is -0.350 e. The van der Waals surface area contributed by atoms with Gasteiger partial charge in [-0.15, -0.1) is 0 Å². The first kappa shape index (κ1) is 16.4. The van der Waals surface area contributed by atoms with Crippen LogP contribution in [0.1, 0.15) is 28.9 Å². The second-order valence-corrected chi connectivity index (χ2v) is 6.65. The van der Waals surface area contributed by atoms with E-state index in [-0.39, 0.29) is 11.3 Å². The summed E-state index contributed by atoms with van der Waals surface area (Å²) in [6.07, 6.45) is 4.59. The molecule has 0 unspecified atom stereocenters. The van der Waals surface area contributed by atoms with E-state index >= 15 is 0 Å². The number of aromatic nitrogens is 3. The molecule has 2 heterocycles. The summed E-state index contributed by atoms with van der Waals surface area (Å²) in [5, 5.41) is 2.83. The number of hydrogen-bond donors (Lipinski definition) is 1. The molecule has 0 spiro atoms. The summed E-state index contributed by atoms with van der Waals surface area (Å²) >= 11 is 0. The van der Waals surface area contributed by atoms with E-state index < -0.39 is 5.91 Å². The van der Waals surface area contributed by atoms with Gasteiger partial charge in [0, 0.05) is 19.3 Å². The highest BCUT2D eigenvalue weighted by atomic mass is 16.2. The van der Waals surface area contributed by atoms with Gasteiger partial charge >= 0.3 is 0 Å². The predicted octanol–water partition coefficient (Wildman–Crippen LogP) is 2.17. The van der Waals surface area contributed by atoms with E-state index in [4.69, 9.17) is 0 Å². The molecule has 2 aromatic heterocycles. The Bertz CT molecular complexity index is 994. The number of amides is 1. The second-order valence-electron chi connectivity index (χ2n) is 6.65. The Balaban J connectivity index is 1.68. The fraction of sp³-hybridized carbons (Fsp3) is 0.300. The monoisotopic (exact) mass is 348 g/mol. The number of nitrogens with zero attached hydrogens (tertiary/aromatic N) is 3. The predicted molar refractivity (Wildman–Crippen MR) is 99.0 cm³/mol. The van der Waals surface area contributed by atoms with E-state index in [0.29, 0.717) is 36.6 Å². The van der Waals surface area contributed by atoms with E-state index in [1.165, 1.54) is 0 Å². The lowest BCUT2D eigenvalue weighted by Crippen LogP contribution is -2.36. The molecule has 1 aliphatic carbocycles. The van der Waals surface area contributed by atoms with E-state index in [1.807, 2.05) is 30.3 Å². The zero-order valence-electron chi connectivity index (χ0n) is 14.4. The highest BCUT2D eigenvalue weighted by molar-refractivity contribution is 5.93. The third kappa shape index (κ3) is 3.49. The number of hydrogen-bond acceptors (Lipinski definition) is 4. The molecule has 26 heavy (non-hydrogen) atoms. The van der Waals surface area contributed by atoms with Crippen molar-refractivity contribution < 1.29 is 4.79 Å². The Morgan fingerprint density at radius 3 is 2.73 bits per heavy atom. The van der Waals surface area contributed by atoms with Crippen LogP contribution in [0, 0.1) is 5.92 Å². The van der Waals surface area contributed by atoms with Crippen molar-refractivity contribution in [1.29, 1.82) is 0 Å². The molecular formula is C20H20N4O2. The van der Waals surface area contributed by atoms with Crippen LogP contribution < -0.4 is 10.9 Å². The molecule has 4 rings (SSSR count). The number of carbonyl (C=O) groups is 1. The largest absolute Gasteiger partial charge is 0.350 e. The Kier molecular flexibility index (Phi) is 4.48. The van der Waals surface area contributed by atoms with Crippen LogP contribution in [0.25, 0.3) is 11.2 Å². The van der Waals surface area contributed by atoms with Gasteiger partial charge in [0.2, 0.25) is 0 Å². The van der Waals surface area contributed by atoms with Crippen LogP contribution in [-0.2, 0) is 13.0 Å². The third-order valence-electron chi connectivity index (χ3n) is 4.63. The van der Waals surface area contributed by atoms with Crippen LogP contribution in [-0.4, -0.2) is 27.0 Å². The average Bonchev–Trinajstić information content (AvgIpc) is 3.50. The maximum Gasteiger partial charge on any atom is 0.283 e. The number of carbonyl (C=O) groups excluding carboxylic acids is 1. The van der Waals surface area contributed by atoms with Gasteiger partial charge in [0.15, 0.2) is 11.3 Å². The Morgan fingerprint density at radius 1 is 1.15 bits per heavy atom. The first-order valence-electron chi connectivity index (χ1n) is 8.90. The highest BCUT2D eigenvalue weighted by Gasteiger charge is 2.24. The molecule has 1 aromatic carbocycles. The lowest BCUT2D eigenvalue weighted by molar-refractivity contribution is 0.0945. The summed E-state index contributed by atoms with van der Waals surface area (Å²) in [4.78, 5) is 34.0. The van der Waals surface area contributed by atoms with Crippen LogP contribution in [0.2, 0.25) is 0 Å². The molecule has 3 aromatic rings. The number of benzene rings is 1. The fourth-order valence-electron chi connectivity index (χ4n) is 2.96. The Hall–Kier alpha value is -3.02. The zero-order chi connectivity index (χ0) is 17.9. The van der Waals surface area contributed by atoms with Crippen molar-refractivity contribution in [2.75, 3.05) is 6.54 Å². The molecule has 1 aliphatic rings. The molecule has 1 N–H and O–H groups in total. The lowest BCUT2D eigenvalue weighted by Gasteiger charge is -2.11. The van der Waals surface area contributed by atoms with Gasteiger partial charge in [-0.25, -0.2) is 9.97 Å². The molecular weight excluding hydrogens is 328 g/mol. The molecule has 6 heteroatoms. The third-order valence-corrected chi connectivity index (χ3v) is 4.63. The van der Waals surface area contributed by atoms with Gasteiger partial charge < -0.3 is 5.32 Å². The summed E-state index contributed by atoms with van der Waals surface area (Å²) in [6.45, 7) is 1.05. The fourth-order valence-corrected chi connectivity index (χ4v) is 2.96. The van der Waals surface area contributed by atoms with Crippen LogP contribution >= 0.6 is 0 Å². The standard InChI is InChI=1S/C20H20N4O2/c25-19(22-13-15-8-9-15)17-20(26)24(12-10-14-5-2-1-3-6-14)18-16(23-17)7-4-11-21-18/h1-7,11,15H,8-10,12-13H2,(H,22,25). The molecule has 0 radical (unpaired) electrons. The van der Waals surface area contributed by atoms with Gasteiger partial charge in [0.1, 0.15) is 5.52 Å². The normalized spacial score (nSPS) is 13.7. The van der Waals surface area contributed by atoms with Gasteiger partial charge in [-0.2, -0.15) is 0 Å². The number of aryl methyl sites for hydroxylation is 2. The summed E-state index contributed by atoms with van der Waals surface area (Å²) in [5.74, 6) is 0.141. The van der Waals surface area contributed by atoms with E-state index in [2.05, 4.69) is 15.3 Å². The average molecular weight is 348 g/mol. The SMILES string of the molecule is O=C(NCC1CC1)c1nc2cccnc2n(CCc2ccccc2)c1=O. The number of pyridine rings is 1. The molecule has 1 amide bonds. The van der Waals surface area contributed by atoms with Crippen LogP contribution in [0.4, 0.5) is 0 Å². The molecule has 0 atom stereocenters. The van der Waals surface area contributed by atoms with Crippen molar-refractivity contribution in [3.63, 3.8) is 0 Å². The van der Waals surface area contributed by atoms with Crippen molar-refractivity contribution in [3.05, 3.63) is 70.3 Å². The first-order valence-corrected chi connectivity index (χ1v) is 8.90. The van der Waals surface area contributed by atoms with Crippen molar-refractivity contribution in [1.82, 2.24) is 19.9 Å². The smallest absolute Gasteiger partial charge is 0.283 e. The van der Waals surface area contributed by atoms with E-state index in [0.717, 1.165) is 18.4 Å². The molecule has 0 saturated heterocycles. The zero-order valence-corrected chi connectivity index (χ0v) is 14.4. The minimum atomic E-state index is -0.402.